The number of rotatable bonds is 4. The van der Waals surface area contributed by atoms with Gasteiger partial charge in [0.25, 0.3) is 0 Å². The van der Waals surface area contributed by atoms with Crippen molar-refractivity contribution in [3.8, 4) is 0 Å². The van der Waals surface area contributed by atoms with E-state index in [0.29, 0.717) is 0 Å². The van der Waals surface area contributed by atoms with Crippen LogP contribution in [0.4, 0.5) is 0 Å². The first kappa shape index (κ1) is 11.6. The summed E-state index contributed by atoms with van der Waals surface area (Å²) in [7, 11) is 0. The number of benzene rings is 1. The zero-order valence-corrected chi connectivity index (χ0v) is 9.78. The third-order valence-electron chi connectivity index (χ3n) is 3.39. The molecule has 1 aromatic carbocycles. The third kappa shape index (κ3) is 3.06. The van der Waals surface area contributed by atoms with Gasteiger partial charge < -0.3 is 10.4 Å². The second-order valence-corrected chi connectivity index (χ2v) is 4.60. The summed E-state index contributed by atoms with van der Waals surface area (Å²) in [6, 6.07) is 8.90. The fourth-order valence-electron chi connectivity index (χ4n) is 2.44. The van der Waals surface area contributed by atoms with E-state index in [1.165, 1.54) is 24.0 Å². The fourth-order valence-corrected chi connectivity index (χ4v) is 2.44. The van der Waals surface area contributed by atoms with Gasteiger partial charge in [-0.05, 0) is 55.8 Å². The summed E-state index contributed by atoms with van der Waals surface area (Å²) in [4.78, 5) is 0. The second kappa shape index (κ2) is 6.02. The van der Waals surface area contributed by atoms with Crippen molar-refractivity contribution in [3.63, 3.8) is 0 Å². The molecule has 0 unspecified atom stereocenters. The van der Waals surface area contributed by atoms with Crippen LogP contribution in [0.2, 0.25) is 0 Å². The average molecular weight is 219 g/mol. The van der Waals surface area contributed by atoms with E-state index in [1.807, 2.05) is 0 Å². The largest absolute Gasteiger partial charge is 0.396 e. The highest BCUT2D eigenvalue weighted by molar-refractivity contribution is 5.27. The van der Waals surface area contributed by atoms with E-state index >= 15 is 0 Å². The zero-order valence-electron chi connectivity index (χ0n) is 9.78. The van der Waals surface area contributed by atoms with Gasteiger partial charge in [-0.15, -0.1) is 0 Å². The quantitative estimate of drug-likeness (QED) is 0.812. The Morgan fingerprint density at radius 3 is 2.81 bits per heavy atom. The molecule has 2 nitrogen and oxygen atoms in total. The minimum atomic E-state index is 0.289. The number of aliphatic hydroxyl groups is 1. The van der Waals surface area contributed by atoms with Gasteiger partial charge in [-0.25, -0.2) is 0 Å². The van der Waals surface area contributed by atoms with Gasteiger partial charge in [0.1, 0.15) is 0 Å². The van der Waals surface area contributed by atoms with Crippen molar-refractivity contribution in [2.45, 2.75) is 31.6 Å². The van der Waals surface area contributed by atoms with Crippen molar-refractivity contribution >= 4 is 0 Å². The molecular weight excluding hydrogens is 198 g/mol. The van der Waals surface area contributed by atoms with Crippen LogP contribution in [-0.2, 0) is 6.42 Å². The van der Waals surface area contributed by atoms with E-state index in [2.05, 4.69) is 29.6 Å². The number of aliphatic hydroxyl groups excluding tert-OH is 1. The Labute approximate surface area is 97.7 Å². The number of hydrogen-bond acceptors (Lipinski definition) is 2. The lowest BCUT2D eigenvalue weighted by atomic mass is 9.89. The first-order chi connectivity index (χ1) is 7.90. The number of nitrogens with one attached hydrogen (secondary N) is 1. The molecule has 16 heavy (non-hydrogen) atoms. The average Bonchev–Trinajstić information content (AvgIpc) is 2.38. The second-order valence-electron chi connectivity index (χ2n) is 4.60. The molecule has 1 fully saturated rings. The van der Waals surface area contributed by atoms with Gasteiger partial charge in [0, 0.05) is 6.61 Å². The van der Waals surface area contributed by atoms with Gasteiger partial charge in [-0.2, -0.15) is 0 Å². The molecule has 0 amide bonds. The van der Waals surface area contributed by atoms with Crippen LogP contribution >= 0.6 is 0 Å². The van der Waals surface area contributed by atoms with E-state index in [4.69, 9.17) is 5.11 Å². The van der Waals surface area contributed by atoms with Crippen LogP contribution in [0.15, 0.2) is 24.3 Å². The smallest absolute Gasteiger partial charge is 0.0434 e. The third-order valence-corrected chi connectivity index (χ3v) is 3.39. The van der Waals surface area contributed by atoms with Crippen molar-refractivity contribution in [2.24, 2.45) is 0 Å². The predicted molar refractivity (Wildman–Crippen MR) is 66.7 cm³/mol. The Kier molecular flexibility index (Phi) is 4.37. The highest BCUT2D eigenvalue weighted by Crippen LogP contribution is 2.25. The molecule has 0 atom stereocenters. The summed E-state index contributed by atoms with van der Waals surface area (Å²) in [6.45, 7) is 2.58. The van der Waals surface area contributed by atoms with Crippen LogP contribution in [0.3, 0.4) is 0 Å². The van der Waals surface area contributed by atoms with E-state index in [1.54, 1.807) is 0 Å². The molecule has 2 heteroatoms. The Morgan fingerprint density at radius 1 is 1.25 bits per heavy atom. The predicted octanol–water partition coefficient (Wildman–Crippen LogP) is 2.08. The number of hydrogen-bond donors (Lipinski definition) is 2. The van der Waals surface area contributed by atoms with Crippen LogP contribution in [0.1, 0.15) is 36.3 Å². The summed E-state index contributed by atoms with van der Waals surface area (Å²) in [5.74, 6) is 0.732. The van der Waals surface area contributed by atoms with E-state index in [0.717, 1.165) is 31.8 Å². The Bertz CT molecular complexity index is 318. The minimum Gasteiger partial charge on any atom is -0.396 e. The fraction of sp³-hybridized carbons (Fsp3) is 0.571. The summed E-state index contributed by atoms with van der Waals surface area (Å²) < 4.78 is 0. The molecule has 0 aromatic heterocycles. The van der Waals surface area contributed by atoms with E-state index in [-0.39, 0.29) is 6.61 Å². The van der Waals surface area contributed by atoms with Crippen LogP contribution in [0, 0.1) is 0 Å². The summed E-state index contributed by atoms with van der Waals surface area (Å²) in [5.41, 5.74) is 2.85. The molecule has 0 aliphatic carbocycles. The molecule has 88 valence electrons. The monoisotopic (exact) mass is 219 g/mol. The van der Waals surface area contributed by atoms with Gasteiger partial charge in [-0.3, -0.25) is 0 Å². The maximum absolute atomic E-state index is 8.84. The van der Waals surface area contributed by atoms with Gasteiger partial charge in [-0.1, -0.05) is 24.3 Å². The molecule has 0 spiro atoms. The lowest BCUT2D eigenvalue weighted by molar-refractivity contribution is 0.288. The van der Waals surface area contributed by atoms with Gasteiger partial charge in [0.2, 0.25) is 0 Å². The summed E-state index contributed by atoms with van der Waals surface area (Å²) in [5, 5.41) is 12.2. The van der Waals surface area contributed by atoms with Crippen molar-refractivity contribution < 1.29 is 5.11 Å². The lowest BCUT2D eigenvalue weighted by Gasteiger charge is -2.23. The molecule has 0 radical (unpaired) electrons. The first-order valence-electron chi connectivity index (χ1n) is 6.30. The molecule has 1 aliphatic heterocycles. The zero-order chi connectivity index (χ0) is 11.2. The van der Waals surface area contributed by atoms with Crippen LogP contribution < -0.4 is 5.32 Å². The maximum atomic E-state index is 8.84. The van der Waals surface area contributed by atoms with E-state index in [9.17, 15) is 0 Å². The Hall–Kier alpha value is -0.860. The highest BCUT2D eigenvalue weighted by Gasteiger charge is 2.14. The van der Waals surface area contributed by atoms with Crippen molar-refractivity contribution in [3.05, 3.63) is 35.4 Å². The van der Waals surface area contributed by atoms with Crippen molar-refractivity contribution in [2.75, 3.05) is 19.7 Å². The molecule has 1 aliphatic rings. The molecule has 1 saturated heterocycles. The highest BCUT2D eigenvalue weighted by atomic mass is 16.2. The SMILES string of the molecule is OCCCc1cccc(C2CCNCC2)c1. The number of piperidine rings is 1. The molecular formula is C14H21NO. The summed E-state index contributed by atoms with van der Waals surface area (Å²) in [6.07, 6.45) is 4.37. The maximum Gasteiger partial charge on any atom is 0.0434 e. The summed E-state index contributed by atoms with van der Waals surface area (Å²) >= 11 is 0. The van der Waals surface area contributed by atoms with E-state index < -0.39 is 0 Å². The standard InChI is InChI=1S/C14H21NO/c16-10-2-4-12-3-1-5-14(11-12)13-6-8-15-9-7-13/h1,3,5,11,13,15-16H,2,4,6-10H2. The van der Waals surface area contributed by atoms with Crippen molar-refractivity contribution in [1.29, 1.82) is 0 Å². The van der Waals surface area contributed by atoms with Gasteiger partial charge in [0.15, 0.2) is 0 Å². The topological polar surface area (TPSA) is 32.3 Å². The minimum absolute atomic E-state index is 0.289. The Morgan fingerprint density at radius 2 is 2.06 bits per heavy atom. The van der Waals surface area contributed by atoms with Gasteiger partial charge in [0.05, 0.1) is 0 Å². The number of aryl methyl sites for hydroxylation is 1. The molecule has 2 rings (SSSR count). The molecule has 0 bridgehead atoms. The lowest BCUT2D eigenvalue weighted by Crippen LogP contribution is -2.26. The Balaban J connectivity index is 2.02. The first-order valence-corrected chi connectivity index (χ1v) is 6.30. The van der Waals surface area contributed by atoms with Crippen LogP contribution in [-0.4, -0.2) is 24.8 Å². The van der Waals surface area contributed by atoms with Crippen molar-refractivity contribution in [1.82, 2.24) is 5.32 Å². The molecule has 1 aromatic rings. The van der Waals surface area contributed by atoms with Gasteiger partial charge >= 0.3 is 0 Å². The molecule has 0 saturated carbocycles. The van der Waals surface area contributed by atoms with Crippen LogP contribution in [0.25, 0.3) is 0 Å². The molecule has 1 heterocycles. The van der Waals surface area contributed by atoms with Crippen LogP contribution in [0.5, 0.6) is 0 Å². The normalized spacial score (nSPS) is 17.6. The molecule has 2 N–H and O–H groups in total.